The van der Waals surface area contributed by atoms with Crippen molar-refractivity contribution in [2.75, 3.05) is 19.6 Å². The summed E-state index contributed by atoms with van der Waals surface area (Å²) in [6.07, 6.45) is 9.79. The molecule has 2 nitrogen and oxygen atoms in total. The van der Waals surface area contributed by atoms with Crippen molar-refractivity contribution in [1.29, 1.82) is 0 Å². The van der Waals surface area contributed by atoms with Gasteiger partial charge in [-0.1, -0.05) is 6.42 Å². The van der Waals surface area contributed by atoms with Crippen molar-refractivity contribution in [3.05, 3.63) is 0 Å². The Morgan fingerprint density at radius 3 is 2.50 bits per heavy atom. The van der Waals surface area contributed by atoms with E-state index in [0.717, 1.165) is 17.9 Å². The highest BCUT2D eigenvalue weighted by Crippen LogP contribution is 2.60. The third kappa shape index (κ3) is 2.71. The van der Waals surface area contributed by atoms with Crippen LogP contribution in [-0.2, 0) is 0 Å². The lowest BCUT2D eigenvalue weighted by Gasteiger charge is -2.14. The lowest BCUT2D eigenvalue weighted by molar-refractivity contribution is 0.401. The first kappa shape index (κ1) is 10.4. The molecule has 14 heavy (non-hydrogen) atoms. The molecule has 0 unspecified atom stereocenters. The van der Waals surface area contributed by atoms with Gasteiger partial charge in [0.1, 0.15) is 0 Å². The van der Waals surface area contributed by atoms with Crippen LogP contribution >= 0.6 is 0 Å². The summed E-state index contributed by atoms with van der Waals surface area (Å²) in [4.78, 5) is 0. The number of rotatable bonds is 8. The smallest absolute Gasteiger partial charge is 0.00105 e. The number of hydrogen-bond acceptors (Lipinski definition) is 2. The van der Waals surface area contributed by atoms with Gasteiger partial charge in [0.25, 0.3) is 0 Å². The van der Waals surface area contributed by atoms with Gasteiger partial charge in [-0.25, -0.2) is 0 Å². The van der Waals surface area contributed by atoms with Crippen LogP contribution in [0.4, 0.5) is 0 Å². The quantitative estimate of drug-likeness (QED) is 0.582. The molecule has 3 N–H and O–H groups in total. The van der Waals surface area contributed by atoms with Crippen LogP contribution in [-0.4, -0.2) is 19.6 Å². The molecule has 0 saturated heterocycles. The highest BCUT2D eigenvalue weighted by atomic mass is 14.9. The minimum Gasteiger partial charge on any atom is -0.330 e. The zero-order valence-corrected chi connectivity index (χ0v) is 9.23. The molecule has 2 fully saturated rings. The fraction of sp³-hybridized carbons (Fsp3) is 1.00. The Morgan fingerprint density at radius 2 is 1.93 bits per heavy atom. The van der Waals surface area contributed by atoms with E-state index in [1.54, 1.807) is 0 Å². The van der Waals surface area contributed by atoms with Crippen LogP contribution in [0, 0.1) is 11.3 Å². The normalized spacial score (nSPS) is 23.8. The van der Waals surface area contributed by atoms with Gasteiger partial charge in [0.15, 0.2) is 0 Å². The summed E-state index contributed by atoms with van der Waals surface area (Å²) in [6, 6.07) is 0. The van der Waals surface area contributed by atoms with Crippen LogP contribution in [0.15, 0.2) is 0 Å². The number of nitrogens with two attached hydrogens (primary N) is 1. The molecule has 2 aliphatic carbocycles. The van der Waals surface area contributed by atoms with Crippen LogP contribution in [0.2, 0.25) is 0 Å². The average Bonchev–Trinajstić information content (AvgIpc) is 3.03. The van der Waals surface area contributed by atoms with Gasteiger partial charge in [-0.15, -0.1) is 0 Å². The first-order chi connectivity index (χ1) is 6.87. The van der Waals surface area contributed by atoms with Crippen molar-refractivity contribution in [2.45, 2.75) is 44.9 Å². The van der Waals surface area contributed by atoms with Gasteiger partial charge in [-0.2, -0.15) is 0 Å². The van der Waals surface area contributed by atoms with E-state index in [1.165, 1.54) is 58.0 Å². The minimum absolute atomic E-state index is 0.772. The molecule has 2 aliphatic rings. The van der Waals surface area contributed by atoms with Gasteiger partial charge in [0.05, 0.1) is 0 Å². The largest absolute Gasteiger partial charge is 0.330 e. The van der Waals surface area contributed by atoms with E-state index in [4.69, 9.17) is 5.73 Å². The van der Waals surface area contributed by atoms with Crippen LogP contribution in [0.5, 0.6) is 0 Å². The van der Waals surface area contributed by atoms with Crippen LogP contribution in [0.3, 0.4) is 0 Å². The Hall–Kier alpha value is -0.0800. The van der Waals surface area contributed by atoms with Gasteiger partial charge >= 0.3 is 0 Å². The maximum Gasteiger partial charge on any atom is 0.00105 e. The molecule has 2 heteroatoms. The molecule has 2 rings (SSSR count). The second-order valence-corrected chi connectivity index (χ2v) is 5.16. The fourth-order valence-corrected chi connectivity index (χ4v) is 2.49. The third-order valence-corrected chi connectivity index (χ3v) is 3.87. The first-order valence-corrected chi connectivity index (χ1v) is 6.28. The van der Waals surface area contributed by atoms with Gasteiger partial charge in [-0.05, 0) is 62.9 Å². The summed E-state index contributed by atoms with van der Waals surface area (Å²) in [6.45, 7) is 3.35. The van der Waals surface area contributed by atoms with Crippen molar-refractivity contribution in [3.8, 4) is 0 Å². The monoisotopic (exact) mass is 196 g/mol. The molecule has 0 heterocycles. The lowest BCUT2D eigenvalue weighted by atomic mass is 10.0. The molecule has 2 saturated carbocycles. The Kier molecular flexibility index (Phi) is 3.45. The summed E-state index contributed by atoms with van der Waals surface area (Å²) >= 11 is 0. The zero-order chi connectivity index (χ0) is 9.86. The zero-order valence-electron chi connectivity index (χ0n) is 9.23. The van der Waals surface area contributed by atoms with Crippen molar-refractivity contribution in [1.82, 2.24) is 5.32 Å². The molecule has 0 aromatic heterocycles. The summed E-state index contributed by atoms with van der Waals surface area (Å²) in [7, 11) is 0. The van der Waals surface area contributed by atoms with E-state index in [1.807, 2.05) is 0 Å². The lowest BCUT2D eigenvalue weighted by Crippen LogP contribution is -2.26. The van der Waals surface area contributed by atoms with Gasteiger partial charge in [0, 0.05) is 6.54 Å². The molecular formula is C12H24N2. The second-order valence-electron chi connectivity index (χ2n) is 5.16. The van der Waals surface area contributed by atoms with Crippen LogP contribution in [0.1, 0.15) is 44.9 Å². The Morgan fingerprint density at radius 1 is 1.14 bits per heavy atom. The third-order valence-electron chi connectivity index (χ3n) is 3.87. The molecular weight excluding hydrogens is 172 g/mol. The van der Waals surface area contributed by atoms with Gasteiger partial charge in [-0.3, -0.25) is 0 Å². The molecule has 0 radical (unpaired) electrons. The minimum atomic E-state index is 0.772. The summed E-state index contributed by atoms with van der Waals surface area (Å²) < 4.78 is 0. The Balaban J connectivity index is 1.47. The van der Waals surface area contributed by atoms with Gasteiger partial charge in [0.2, 0.25) is 0 Å². The molecule has 0 bridgehead atoms. The molecule has 0 spiro atoms. The van der Waals surface area contributed by atoms with E-state index < -0.39 is 0 Å². The van der Waals surface area contributed by atoms with Crippen LogP contribution < -0.4 is 11.1 Å². The predicted molar refractivity (Wildman–Crippen MR) is 60.2 cm³/mol. The van der Waals surface area contributed by atoms with E-state index in [9.17, 15) is 0 Å². The first-order valence-electron chi connectivity index (χ1n) is 6.28. The van der Waals surface area contributed by atoms with E-state index >= 15 is 0 Å². The summed E-state index contributed by atoms with van der Waals surface area (Å²) in [5, 5.41) is 3.63. The van der Waals surface area contributed by atoms with Gasteiger partial charge < -0.3 is 11.1 Å². The highest BCUT2D eigenvalue weighted by molar-refractivity contribution is 5.04. The van der Waals surface area contributed by atoms with Crippen LogP contribution in [0.25, 0.3) is 0 Å². The average molecular weight is 196 g/mol. The molecule has 0 aromatic carbocycles. The molecule has 0 aromatic rings. The highest BCUT2D eigenvalue weighted by Gasteiger charge is 2.52. The maximum atomic E-state index is 5.45. The van der Waals surface area contributed by atoms with Crippen molar-refractivity contribution >= 4 is 0 Å². The molecule has 0 amide bonds. The van der Waals surface area contributed by atoms with Crippen molar-refractivity contribution in [2.24, 2.45) is 17.1 Å². The topological polar surface area (TPSA) is 38.0 Å². The van der Waals surface area contributed by atoms with E-state index in [2.05, 4.69) is 5.32 Å². The standard InChI is InChI=1S/C12H24N2/c13-8-2-1-3-9-14-10-12(6-7-12)11-4-5-11/h11,14H,1-10,13H2. The fourth-order valence-electron chi connectivity index (χ4n) is 2.49. The van der Waals surface area contributed by atoms with Crippen molar-refractivity contribution in [3.63, 3.8) is 0 Å². The molecule has 0 atom stereocenters. The Bertz CT molecular complexity index is 171. The van der Waals surface area contributed by atoms with E-state index in [-0.39, 0.29) is 0 Å². The molecule has 0 aliphatic heterocycles. The SMILES string of the molecule is NCCCCCNCC1(C2CC2)CC1. The summed E-state index contributed by atoms with van der Waals surface area (Å²) in [5.74, 6) is 1.10. The maximum absolute atomic E-state index is 5.45. The van der Waals surface area contributed by atoms with E-state index in [0.29, 0.717) is 0 Å². The predicted octanol–water partition coefficient (Wildman–Crippen LogP) is 1.90. The number of hydrogen-bond donors (Lipinski definition) is 2. The van der Waals surface area contributed by atoms with Crippen molar-refractivity contribution < 1.29 is 0 Å². The summed E-state index contributed by atoms with van der Waals surface area (Å²) in [5.41, 5.74) is 6.22. The Labute approximate surface area is 87.6 Å². The second kappa shape index (κ2) is 4.63. The number of nitrogens with one attached hydrogen (secondary N) is 1. The molecule has 82 valence electrons. The number of unbranched alkanes of at least 4 members (excludes halogenated alkanes) is 2.